The SMILES string of the molecule is Cc1ccc(C(=O)N2CCCC(C(=O)N3CC(CN)CC3C)C2)cc1. The third-order valence-corrected chi connectivity index (χ3v) is 5.63. The van der Waals surface area contributed by atoms with Crippen molar-refractivity contribution >= 4 is 11.8 Å². The van der Waals surface area contributed by atoms with Gasteiger partial charge in [0.25, 0.3) is 5.91 Å². The number of hydrogen-bond donors (Lipinski definition) is 1. The molecule has 3 unspecified atom stereocenters. The number of benzene rings is 1. The van der Waals surface area contributed by atoms with E-state index >= 15 is 0 Å². The van der Waals surface area contributed by atoms with Crippen LogP contribution in [0.25, 0.3) is 0 Å². The Morgan fingerprint density at radius 3 is 2.56 bits per heavy atom. The van der Waals surface area contributed by atoms with Crippen LogP contribution in [0.2, 0.25) is 0 Å². The van der Waals surface area contributed by atoms with Crippen molar-refractivity contribution in [2.45, 2.75) is 39.2 Å². The number of carbonyl (C=O) groups is 2. The zero-order valence-electron chi connectivity index (χ0n) is 15.3. The number of nitrogens with zero attached hydrogens (tertiary/aromatic N) is 2. The molecule has 3 atom stereocenters. The second kappa shape index (κ2) is 7.56. The highest BCUT2D eigenvalue weighted by atomic mass is 16.2. The van der Waals surface area contributed by atoms with E-state index in [1.54, 1.807) is 0 Å². The van der Waals surface area contributed by atoms with Crippen LogP contribution < -0.4 is 5.73 Å². The maximum absolute atomic E-state index is 13.0. The van der Waals surface area contributed by atoms with E-state index in [1.807, 2.05) is 41.0 Å². The number of nitrogens with two attached hydrogens (primary N) is 1. The average Bonchev–Trinajstić information content (AvgIpc) is 3.02. The van der Waals surface area contributed by atoms with Gasteiger partial charge in [-0.05, 0) is 57.7 Å². The number of rotatable bonds is 3. The smallest absolute Gasteiger partial charge is 0.253 e. The highest BCUT2D eigenvalue weighted by Gasteiger charge is 2.37. The minimum absolute atomic E-state index is 0.0341. The van der Waals surface area contributed by atoms with Gasteiger partial charge in [-0.2, -0.15) is 0 Å². The van der Waals surface area contributed by atoms with Crippen molar-refractivity contribution < 1.29 is 9.59 Å². The first-order valence-electron chi connectivity index (χ1n) is 9.36. The highest BCUT2D eigenvalue weighted by molar-refractivity contribution is 5.94. The van der Waals surface area contributed by atoms with Crippen LogP contribution in [0.4, 0.5) is 0 Å². The first-order valence-corrected chi connectivity index (χ1v) is 9.36. The largest absolute Gasteiger partial charge is 0.339 e. The van der Waals surface area contributed by atoms with E-state index in [1.165, 1.54) is 0 Å². The average molecular weight is 343 g/mol. The molecule has 0 aliphatic carbocycles. The van der Waals surface area contributed by atoms with Crippen molar-refractivity contribution in [3.63, 3.8) is 0 Å². The fourth-order valence-corrected chi connectivity index (χ4v) is 4.10. The Morgan fingerprint density at radius 2 is 1.92 bits per heavy atom. The third-order valence-electron chi connectivity index (χ3n) is 5.63. The van der Waals surface area contributed by atoms with Gasteiger partial charge >= 0.3 is 0 Å². The summed E-state index contributed by atoms with van der Waals surface area (Å²) in [4.78, 5) is 29.5. The molecule has 2 heterocycles. The van der Waals surface area contributed by atoms with E-state index < -0.39 is 0 Å². The molecule has 2 amide bonds. The van der Waals surface area contributed by atoms with E-state index in [4.69, 9.17) is 5.73 Å². The Hall–Kier alpha value is -1.88. The van der Waals surface area contributed by atoms with Crippen LogP contribution in [0.15, 0.2) is 24.3 Å². The molecular weight excluding hydrogens is 314 g/mol. The predicted octanol–water partition coefficient (Wildman–Crippen LogP) is 2.04. The first kappa shape index (κ1) is 17.9. The minimum Gasteiger partial charge on any atom is -0.339 e. The fraction of sp³-hybridized carbons (Fsp3) is 0.600. The minimum atomic E-state index is -0.0814. The molecule has 5 nitrogen and oxygen atoms in total. The normalized spacial score (nSPS) is 26.8. The van der Waals surface area contributed by atoms with Gasteiger partial charge in [-0.1, -0.05) is 17.7 Å². The summed E-state index contributed by atoms with van der Waals surface area (Å²) < 4.78 is 0. The van der Waals surface area contributed by atoms with Crippen LogP contribution in [0.5, 0.6) is 0 Å². The third kappa shape index (κ3) is 3.87. The molecule has 0 saturated carbocycles. The van der Waals surface area contributed by atoms with Crippen molar-refractivity contribution in [3.8, 4) is 0 Å². The molecule has 2 fully saturated rings. The molecule has 5 heteroatoms. The van der Waals surface area contributed by atoms with E-state index in [-0.39, 0.29) is 23.8 Å². The summed E-state index contributed by atoms with van der Waals surface area (Å²) in [6.45, 7) is 6.77. The number of likely N-dealkylation sites (tertiary alicyclic amines) is 2. The highest BCUT2D eigenvalue weighted by Crippen LogP contribution is 2.27. The molecule has 2 saturated heterocycles. The van der Waals surface area contributed by atoms with Crippen molar-refractivity contribution in [3.05, 3.63) is 35.4 Å². The lowest BCUT2D eigenvalue weighted by molar-refractivity contribution is -0.137. The lowest BCUT2D eigenvalue weighted by atomic mass is 9.95. The van der Waals surface area contributed by atoms with Crippen molar-refractivity contribution in [2.75, 3.05) is 26.2 Å². The van der Waals surface area contributed by atoms with Gasteiger partial charge in [-0.3, -0.25) is 9.59 Å². The molecule has 0 spiro atoms. The summed E-state index contributed by atoms with van der Waals surface area (Å²) in [5.74, 6) is 0.562. The summed E-state index contributed by atoms with van der Waals surface area (Å²) in [6.07, 6.45) is 2.74. The van der Waals surface area contributed by atoms with E-state index in [2.05, 4.69) is 6.92 Å². The van der Waals surface area contributed by atoms with Crippen LogP contribution in [0.1, 0.15) is 42.1 Å². The summed E-state index contributed by atoms with van der Waals surface area (Å²) >= 11 is 0. The second-order valence-corrected chi connectivity index (χ2v) is 7.63. The monoisotopic (exact) mass is 343 g/mol. The summed E-state index contributed by atoms with van der Waals surface area (Å²) in [5, 5.41) is 0. The molecule has 1 aromatic rings. The maximum Gasteiger partial charge on any atom is 0.253 e. The number of aryl methyl sites for hydroxylation is 1. The van der Waals surface area contributed by atoms with Gasteiger partial charge in [0.1, 0.15) is 0 Å². The molecule has 0 radical (unpaired) electrons. The Labute approximate surface area is 150 Å². The van der Waals surface area contributed by atoms with Gasteiger partial charge in [-0.25, -0.2) is 0 Å². The lowest BCUT2D eigenvalue weighted by Gasteiger charge is -2.35. The van der Waals surface area contributed by atoms with Crippen LogP contribution in [0, 0.1) is 18.8 Å². The van der Waals surface area contributed by atoms with Gasteiger partial charge in [0.15, 0.2) is 0 Å². The van der Waals surface area contributed by atoms with Gasteiger partial charge in [0.05, 0.1) is 5.92 Å². The van der Waals surface area contributed by atoms with Gasteiger partial charge in [0, 0.05) is 31.2 Å². The molecule has 1 aromatic carbocycles. The molecule has 25 heavy (non-hydrogen) atoms. The molecule has 2 N–H and O–H groups in total. The van der Waals surface area contributed by atoms with Crippen molar-refractivity contribution in [1.82, 2.24) is 9.80 Å². The Balaban J connectivity index is 1.65. The standard InChI is InChI=1S/C20H29N3O2/c1-14-5-7-17(8-6-14)19(24)22-9-3-4-18(13-22)20(25)23-12-16(11-21)10-15(23)2/h5-8,15-16,18H,3-4,9-13,21H2,1-2H3. The van der Waals surface area contributed by atoms with Crippen molar-refractivity contribution in [1.29, 1.82) is 0 Å². The Bertz CT molecular complexity index is 628. The molecule has 136 valence electrons. The second-order valence-electron chi connectivity index (χ2n) is 7.63. The van der Waals surface area contributed by atoms with Gasteiger partial charge in [-0.15, -0.1) is 0 Å². The molecule has 0 bridgehead atoms. The van der Waals surface area contributed by atoms with Gasteiger partial charge in [0.2, 0.25) is 5.91 Å². The fourth-order valence-electron chi connectivity index (χ4n) is 4.10. The summed E-state index contributed by atoms with van der Waals surface area (Å²) in [6, 6.07) is 7.91. The van der Waals surface area contributed by atoms with Gasteiger partial charge < -0.3 is 15.5 Å². The molecule has 3 rings (SSSR count). The predicted molar refractivity (Wildman–Crippen MR) is 98.1 cm³/mol. The van der Waals surface area contributed by atoms with Crippen LogP contribution in [0.3, 0.4) is 0 Å². The zero-order chi connectivity index (χ0) is 18.0. The Kier molecular flexibility index (Phi) is 5.42. The first-order chi connectivity index (χ1) is 12.0. The van der Waals surface area contributed by atoms with E-state index in [0.717, 1.165) is 37.9 Å². The Morgan fingerprint density at radius 1 is 1.20 bits per heavy atom. The number of hydrogen-bond acceptors (Lipinski definition) is 3. The number of piperidine rings is 1. The quantitative estimate of drug-likeness (QED) is 0.913. The lowest BCUT2D eigenvalue weighted by Crippen LogP contribution is -2.47. The number of carbonyl (C=O) groups excluding carboxylic acids is 2. The molecular formula is C20H29N3O2. The zero-order valence-corrected chi connectivity index (χ0v) is 15.3. The van der Waals surface area contributed by atoms with Crippen LogP contribution in [-0.2, 0) is 4.79 Å². The molecule has 0 aromatic heterocycles. The molecule has 2 aliphatic rings. The van der Waals surface area contributed by atoms with Crippen molar-refractivity contribution in [2.24, 2.45) is 17.6 Å². The van der Waals surface area contributed by atoms with Crippen LogP contribution in [-0.4, -0.2) is 53.8 Å². The summed E-state index contributed by atoms with van der Waals surface area (Å²) in [5.41, 5.74) is 7.63. The topological polar surface area (TPSA) is 66.6 Å². The van der Waals surface area contributed by atoms with E-state index in [9.17, 15) is 9.59 Å². The number of amides is 2. The van der Waals surface area contributed by atoms with Crippen LogP contribution >= 0.6 is 0 Å². The maximum atomic E-state index is 13.0. The van der Waals surface area contributed by atoms with E-state index in [0.29, 0.717) is 24.6 Å². The summed E-state index contributed by atoms with van der Waals surface area (Å²) in [7, 11) is 0. The molecule has 2 aliphatic heterocycles.